The Morgan fingerprint density at radius 1 is 1.11 bits per heavy atom. The van der Waals surface area contributed by atoms with Crippen molar-refractivity contribution in [2.24, 2.45) is 5.73 Å². The predicted molar refractivity (Wildman–Crippen MR) is 109 cm³/mol. The molecular formula is C19H20ClN3O3S. The average Bonchev–Trinajstić information content (AvgIpc) is 2.65. The maximum atomic E-state index is 12.6. The number of nitrogens with one attached hydrogen (secondary N) is 2. The molecule has 0 saturated heterocycles. The van der Waals surface area contributed by atoms with E-state index in [-0.39, 0.29) is 5.91 Å². The predicted octanol–water partition coefficient (Wildman–Crippen LogP) is 2.93. The Hall–Kier alpha value is -2.51. The molecular weight excluding hydrogens is 386 g/mol. The molecule has 142 valence electrons. The zero-order valence-corrected chi connectivity index (χ0v) is 16.3. The smallest absolute Gasteiger partial charge is 0.253 e. The number of amides is 3. The molecule has 0 aliphatic carbocycles. The molecule has 6 nitrogen and oxygen atoms in total. The zero-order chi connectivity index (χ0) is 19.8. The second-order valence-corrected chi connectivity index (χ2v) is 7.11. The lowest BCUT2D eigenvalue weighted by atomic mass is 10.1. The van der Waals surface area contributed by atoms with Crippen LogP contribution in [-0.2, 0) is 4.79 Å². The Labute approximate surface area is 166 Å². The second-order valence-electron chi connectivity index (χ2n) is 5.72. The van der Waals surface area contributed by atoms with Gasteiger partial charge in [0.05, 0.1) is 10.6 Å². The highest BCUT2D eigenvalue weighted by Crippen LogP contribution is 2.16. The number of hydrogen-bond acceptors (Lipinski definition) is 4. The Kier molecular flexibility index (Phi) is 7.69. The summed E-state index contributed by atoms with van der Waals surface area (Å²) in [5, 5.41) is 5.80. The number of hydrogen-bond donors (Lipinski definition) is 3. The highest BCUT2D eigenvalue weighted by molar-refractivity contribution is 7.98. The summed E-state index contributed by atoms with van der Waals surface area (Å²) in [7, 11) is 0. The van der Waals surface area contributed by atoms with Gasteiger partial charge in [0.1, 0.15) is 6.04 Å². The lowest BCUT2D eigenvalue weighted by molar-refractivity contribution is -0.118. The molecule has 0 spiro atoms. The van der Waals surface area contributed by atoms with E-state index in [4.69, 9.17) is 17.3 Å². The average molecular weight is 406 g/mol. The van der Waals surface area contributed by atoms with E-state index >= 15 is 0 Å². The van der Waals surface area contributed by atoms with Gasteiger partial charge in [-0.15, -0.1) is 0 Å². The number of anilines is 1. The van der Waals surface area contributed by atoms with Gasteiger partial charge in [-0.05, 0) is 54.8 Å². The van der Waals surface area contributed by atoms with Gasteiger partial charge in [-0.25, -0.2) is 0 Å². The summed E-state index contributed by atoms with van der Waals surface area (Å²) < 4.78 is 0. The molecule has 0 fully saturated rings. The van der Waals surface area contributed by atoms with Crippen LogP contribution in [0.4, 0.5) is 5.69 Å². The first-order valence-corrected chi connectivity index (χ1v) is 9.94. The van der Waals surface area contributed by atoms with Gasteiger partial charge in [-0.2, -0.15) is 11.8 Å². The summed E-state index contributed by atoms with van der Waals surface area (Å²) in [6.07, 6.45) is 2.38. The number of thioether (sulfide) groups is 1. The highest BCUT2D eigenvalue weighted by atomic mass is 35.5. The van der Waals surface area contributed by atoms with Crippen LogP contribution in [0.15, 0.2) is 48.5 Å². The fraction of sp³-hybridized carbons (Fsp3) is 0.211. The zero-order valence-electron chi connectivity index (χ0n) is 14.7. The normalized spacial score (nSPS) is 11.5. The fourth-order valence-corrected chi connectivity index (χ4v) is 3.03. The standard InChI is InChI=1S/C19H20ClN3O3S/c1-27-11-10-16(23-18(25)14-4-2-3-5-15(14)20)19(26)22-13-8-6-12(7-9-13)17(21)24/h2-9,16H,10-11H2,1H3,(H2,21,24)(H,22,26)(H,23,25)/t16-/m1/s1. The van der Waals surface area contributed by atoms with E-state index in [1.165, 1.54) is 12.1 Å². The molecule has 0 saturated carbocycles. The molecule has 4 N–H and O–H groups in total. The summed E-state index contributed by atoms with van der Waals surface area (Å²) in [5.74, 6) is -0.610. The lowest BCUT2D eigenvalue weighted by Crippen LogP contribution is -2.44. The molecule has 0 unspecified atom stereocenters. The third kappa shape index (κ3) is 6.01. The molecule has 2 aromatic rings. The van der Waals surface area contributed by atoms with Gasteiger partial charge in [0, 0.05) is 11.3 Å². The molecule has 3 amide bonds. The van der Waals surface area contributed by atoms with E-state index in [1.54, 1.807) is 48.2 Å². The van der Waals surface area contributed by atoms with Gasteiger partial charge in [0.25, 0.3) is 5.91 Å². The topological polar surface area (TPSA) is 101 Å². The molecule has 0 aromatic heterocycles. The van der Waals surface area contributed by atoms with Crippen molar-refractivity contribution in [2.75, 3.05) is 17.3 Å². The van der Waals surface area contributed by atoms with Crippen molar-refractivity contribution in [3.05, 3.63) is 64.7 Å². The minimum absolute atomic E-state index is 0.312. The third-order valence-electron chi connectivity index (χ3n) is 3.79. The summed E-state index contributed by atoms with van der Waals surface area (Å²) in [6.45, 7) is 0. The molecule has 0 bridgehead atoms. The van der Waals surface area contributed by atoms with Crippen LogP contribution >= 0.6 is 23.4 Å². The van der Waals surface area contributed by atoms with Crippen molar-refractivity contribution in [1.82, 2.24) is 5.32 Å². The minimum Gasteiger partial charge on any atom is -0.366 e. The van der Waals surface area contributed by atoms with Crippen molar-refractivity contribution in [2.45, 2.75) is 12.5 Å². The van der Waals surface area contributed by atoms with Gasteiger partial charge < -0.3 is 16.4 Å². The van der Waals surface area contributed by atoms with Crippen molar-refractivity contribution in [3.63, 3.8) is 0 Å². The number of primary amides is 1. The maximum Gasteiger partial charge on any atom is 0.253 e. The molecule has 0 aliphatic rings. The van der Waals surface area contributed by atoms with E-state index in [0.29, 0.717) is 34.0 Å². The van der Waals surface area contributed by atoms with E-state index in [1.807, 2.05) is 6.26 Å². The molecule has 0 aliphatic heterocycles. The van der Waals surface area contributed by atoms with Gasteiger partial charge in [0.2, 0.25) is 11.8 Å². The summed E-state index contributed by atoms with van der Waals surface area (Å²) in [6, 6.07) is 12.1. The van der Waals surface area contributed by atoms with E-state index in [2.05, 4.69) is 10.6 Å². The van der Waals surface area contributed by atoms with Gasteiger partial charge in [-0.3, -0.25) is 14.4 Å². The highest BCUT2D eigenvalue weighted by Gasteiger charge is 2.22. The number of carbonyl (C=O) groups excluding carboxylic acids is 3. The van der Waals surface area contributed by atoms with Crippen molar-refractivity contribution < 1.29 is 14.4 Å². The van der Waals surface area contributed by atoms with Crippen molar-refractivity contribution >= 4 is 46.8 Å². The number of rotatable bonds is 8. The molecule has 0 heterocycles. The van der Waals surface area contributed by atoms with Crippen LogP contribution in [0.25, 0.3) is 0 Å². The van der Waals surface area contributed by atoms with Crippen LogP contribution in [0.3, 0.4) is 0 Å². The van der Waals surface area contributed by atoms with E-state index in [0.717, 1.165) is 0 Å². The quantitative estimate of drug-likeness (QED) is 0.628. The molecule has 8 heteroatoms. The van der Waals surface area contributed by atoms with E-state index < -0.39 is 17.9 Å². The molecule has 2 rings (SSSR count). The van der Waals surface area contributed by atoms with Crippen LogP contribution in [0.1, 0.15) is 27.1 Å². The largest absolute Gasteiger partial charge is 0.366 e. The SMILES string of the molecule is CSCC[C@@H](NC(=O)c1ccccc1Cl)C(=O)Nc1ccc(C(N)=O)cc1. The summed E-state index contributed by atoms with van der Waals surface area (Å²) in [4.78, 5) is 36.2. The monoisotopic (exact) mass is 405 g/mol. The molecule has 2 aromatic carbocycles. The number of halogens is 1. The maximum absolute atomic E-state index is 12.6. The first kappa shape index (κ1) is 20.8. The second kappa shape index (κ2) is 9.99. The van der Waals surface area contributed by atoms with Crippen molar-refractivity contribution in [3.8, 4) is 0 Å². The van der Waals surface area contributed by atoms with Crippen LogP contribution in [0.2, 0.25) is 5.02 Å². The van der Waals surface area contributed by atoms with Gasteiger partial charge in [-0.1, -0.05) is 23.7 Å². The Bertz CT molecular complexity index is 827. The lowest BCUT2D eigenvalue weighted by Gasteiger charge is -2.18. The third-order valence-corrected chi connectivity index (χ3v) is 4.76. The van der Waals surface area contributed by atoms with Crippen LogP contribution in [-0.4, -0.2) is 35.8 Å². The Morgan fingerprint density at radius 2 is 1.78 bits per heavy atom. The molecule has 27 heavy (non-hydrogen) atoms. The Morgan fingerprint density at radius 3 is 2.37 bits per heavy atom. The molecule has 0 radical (unpaired) electrons. The summed E-state index contributed by atoms with van der Waals surface area (Å²) in [5.41, 5.74) is 6.37. The van der Waals surface area contributed by atoms with Crippen LogP contribution in [0.5, 0.6) is 0 Å². The first-order valence-electron chi connectivity index (χ1n) is 8.17. The number of carbonyl (C=O) groups is 3. The van der Waals surface area contributed by atoms with Gasteiger partial charge >= 0.3 is 0 Å². The minimum atomic E-state index is -0.725. The van der Waals surface area contributed by atoms with Crippen LogP contribution in [0, 0.1) is 0 Å². The molecule has 1 atom stereocenters. The van der Waals surface area contributed by atoms with E-state index in [9.17, 15) is 14.4 Å². The first-order chi connectivity index (χ1) is 12.9. The van der Waals surface area contributed by atoms with Gasteiger partial charge in [0.15, 0.2) is 0 Å². The number of nitrogens with two attached hydrogens (primary N) is 1. The van der Waals surface area contributed by atoms with Crippen molar-refractivity contribution in [1.29, 1.82) is 0 Å². The fourth-order valence-electron chi connectivity index (χ4n) is 2.33. The Balaban J connectivity index is 2.09. The number of benzene rings is 2. The summed E-state index contributed by atoms with van der Waals surface area (Å²) >= 11 is 7.63. The van der Waals surface area contributed by atoms with Crippen LogP contribution < -0.4 is 16.4 Å².